The van der Waals surface area contributed by atoms with Crippen LogP contribution in [0.5, 0.6) is 5.75 Å². The fourth-order valence-electron chi connectivity index (χ4n) is 2.43. The van der Waals surface area contributed by atoms with Crippen LogP contribution in [0.2, 0.25) is 0 Å². The molecule has 1 N–H and O–H groups in total. The number of pyridine rings is 1. The van der Waals surface area contributed by atoms with Gasteiger partial charge in [-0.25, -0.2) is 4.98 Å². The summed E-state index contributed by atoms with van der Waals surface area (Å²) in [5.74, 6) is 1.99. The molecule has 0 atom stereocenters. The summed E-state index contributed by atoms with van der Waals surface area (Å²) in [6.07, 6.45) is 1.93. The number of hydrogen-bond acceptors (Lipinski definition) is 4. The molecule has 0 bridgehead atoms. The lowest BCUT2D eigenvalue weighted by atomic mass is 10.2. The second-order valence-corrected chi connectivity index (χ2v) is 4.93. The van der Waals surface area contributed by atoms with Crippen molar-refractivity contribution in [3.8, 4) is 5.75 Å². The van der Waals surface area contributed by atoms with E-state index in [9.17, 15) is 0 Å². The molecule has 0 fully saturated rings. The van der Waals surface area contributed by atoms with E-state index >= 15 is 0 Å². The van der Waals surface area contributed by atoms with Crippen molar-refractivity contribution in [3.63, 3.8) is 0 Å². The summed E-state index contributed by atoms with van der Waals surface area (Å²) in [5, 5.41) is 3.13. The summed E-state index contributed by atoms with van der Waals surface area (Å²) >= 11 is 0. The Morgan fingerprint density at radius 1 is 1.25 bits per heavy atom. The summed E-state index contributed by atoms with van der Waals surface area (Å²) in [6, 6.07) is 12.4. The van der Waals surface area contributed by atoms with Gasteiger partial charge in [0, 0.05) is 24.8 Å². The highest BCUT2D eigenvalue weighted by Gasteiger charge is 2.15. The number of hydrogen-bond donors (Lipinski definition) is 1. The third-order valence-electron chi connectivity index (χ3n) is 3.47. The van der Waals surface area contributed by atoms with Gasteiger partial charge in [0.1, 0.15) is 18.2 Å². The molecule has 0 saturated heterocycles. The molecule has 4 nitrogen and oxygen atoms in total. The number of rotatable bonds is 3. The van der Waals surface area contributed by atoms with Crippen LogP contribution in [-0.4, -0.2) is 25.2 Å². The molecule has 2 heterocycles. The van der Waals surface area contributed by atoms with Crippen LogP contribution in [-0.2, 0) is 13.1 Å². The van der Waals surface area contributed by atoms with E-state index in [2.05, 4.69) is 39.5 Å². The molecule has 1 aliphatic rings. The molecule has 0 amide bonds. The largest absolute Gasteiger partial charge is 0.491 e. The molecule has 0 saturated carbocycles. The van der Waals surface area contributed by atoms with Gasteiger partial charge in [0.15, 0.2) is 0 Å². The van der Waals surface area contributed by atoms with Gasteiger partial charge in [0.05, 0.1) is 6.54 Å². The number of benzene rings is 1. The van der Waals surface area contributed by atoms with Crippen molar-refractivity contribution in [2.75, 3.05) is 25.1 Å². The number of nitrogens with zero attached hydrogens (tertiary/aromatic N) is 2. The minimum atomic E-state index is 0.691. The number of fused-ring (bicyclic) bond motifs is 1. The number of para-hydroxylation sites is 1. The average Bonchev–Trinajstić information content (AvgIpc) is 2.70. The summed E-state index contributed by atoms with van der Waals surface area (Å²) < 4.78 is 5.78. The highest BCUT2D eigenvalue weighted by molar-refractivity contribution is 5.44. The molecule has 2 aromatic rings. The first kappa shape index (κ1) is 12.9. The second-order valence-electron chi connectivity index (χ2n) is 4.93. The van der Waals surface area contributed by atoms with E-state index in [-0.39, 0.29) is 0 Å². The smallest absolute Gasteiger partial charge is 0.128 e. The summed E-state index contributed by atoms with van der Waals surface area (Å²) in [7, 11) is 1.94. The molecule has 1 aromatic carbocycles. The van der Waals surface area contributed by atoms with Crippen LogP contribution >= 0.6 is 0 Å². The molecule has 1 aromatic heterocycles. The van der Waals surface area contributed by atoms with E-state index in [1.807, 2.05) is 25.4 Å². The zero-order chi connectivity index (χ0) is 13.8. The monoisotopic (exact) mass is 269 g/mol. The Morgan fingerprint density at radius 2 is 2.15 bits per heavy atom. The third kappa shape index (κ3) is 2.75. The van der Waals surface area contributed by atoms with Crippen LogP contribution in [0.1, 0.15) is 11.1 Å². The van der Waals surface area contributed by atoms with Crippen molar-refractivity contribution in [2.24, 2.45) is 0 Å². The van der Waals surface area contributed by atoms with Crippen molar-refractivity contribution in [1.29, 1.82) is 0 Å². The molecule has 0 spiro atoms. The Labute approximate surface area is 119 Å². The number of nitrogens with one attached hydrogen (secondary N) is 1. The second kappa shape index (κ2) is 5.92. The summed E-state index contributed by atoms with van der Waals surface area (Å²) in [5.41, 5.74) is 2.41. The van der Waals surface area contributed by atoms with Gasteiger partial charge in [0.2, 0.25) is 0 Å². The fourth-order valence-corrected chi connectivity index (χ4v) is 2.43. The van der Waals surface area contributed by atoms with E-state index in [1.165, 1.54) is 11.1 Å². The van der Waals surface area contributed by atoms with Crippen LogP contribution in [0.3, 0.4) is 0 Å². The van der Waals surface area contributed by atoms with E-state index < -0.39 is 0 Å². The first-order chi connectivity index (χ1) is 9.86. The molecule has 4 heteroatoms. The predicted octanol–water partition coefficient (Wildman–Crippen LogP) is 2.20. The van der Waals surface area contributed by atoms with Gasteiger partial charge in [-0.3, -0.25) is 0 Å². The Bertz CT molecular complexity index is 568. The first-order valence-electron chi connectivity index (χ1n) is 6.92. The molecule has 0 aliphatic carbocycles. The van der Waals surface area contributed by atoms with Crippen LogP contribution in [0.4, 0.5) is 5.82 Å². The van der Waals surface area contributed by atoms with Crippen molar-refractivity contribution >= 4 is 5.82 Å². The maximum atomic E-state index is 5.78. The standard InChI is InChI=1S/C16H19N3O/c1-17-10-13-6-7-16(18-11-13)19-8-9-20-15-5-3-2-4-14(15)12-19/h2-7,11,17H,8-10,12H2,1H3. The summed E-state index contributed by atoms with van der Waals surface area (Å²) in [4.78, 5) is 6.82. The lowest BCUT2D eigenvalue weighted by molar-refractivity contribution is 0.331. The van der Waals surface area contributed by atoms with Gasteiger partial charge in [0.25, 0.3) is 0 Å². The minimum Gasteiger partial charge on any atom is -0.491 e. The van der Waals surface area contributed by atoms with Crippen LogP contribution < -0.4 is 15.0 Å². The zero-order valence-corrected chi connectivity index (χ0v) is 11.7. The van der Waals surface area contributed by atoms with Gasteiger partial charge in [-0.1, -0.05) is 24.3 Å². The average molecular weight is 269 g/mol. The molecule has 20 heavy (non-hydrogen) atoms. The van der Waals surface area contributed by atoms with Gasteiger partial charge in [-0.15, -0.1) is 0 Å². The highest BCUT2D eigenvalue weighted by atomic mass is 16.5. The van der Waals surface area contributed by atoms with Crippen LogP contribution in [0.25, 0.3) is 0 Å². The quantitative estimate of drug-likeness (QED) is 0.927. The van der Waals surface area contributed by atoms with Gasteiger partial charge in [-0.2, -0.15) is 0 Å². The molecule has 1 aliphatic heterocycles. The minimum absolute atomic E-state index is 0.691. The molecular formula is C16H19N3O. The topological polar surface area (TPSA) is 37.4 Å². The maximum Gasteiger partial charge on any atom is 0.128 e. The van der Waals surface area contributed by atoms with Crippen LogP contribution in [0, 0.1) is 0 Å². The predicted molar refractivity (Wildman–Crippen MR) is 80.0 cm³/mol. The number of aromatic nitrogens is 1. The van der Waals surface area contributed by atoms with Crippen molar-refractivity contribution in [2.45, 2.75) is 13.1 Å². The van der Waals surface area contributed by atoms with Gasteiger partial charge < -0.3 is 15.0 Å². The molecular weight excluding hydrogens is 250 g/mol. The highest BCUT2D eigenvalue weighted by Crippen LogP contribution is 2.25. The lowest BCUT2D eigenvalue weighted by Gasteiger charge is -2.21. The van der Waals surface area contributed by atoms with E-state index in [4.69, 9.17) is 4.74 Å². The summed E-state index contributed by atoms with van der Waals surface area (Å²) in [6.45, 7) is 3.23. The van der Waals surface area contributed by atoms with E-state index in [0.29, 0.717) is 6.61 Å². The normalized spacial score (nSPS) is 14.3. The molecule has 3 rings (SSSR count). The van der Waals surface area contributed by atoms with Crippen molar-refractivity contribution < 1.29 is 4.74 Å². The zero-order valence-electron chi connectivity index (χ0n) is 11.7. The Balaban J connectivity index is 1.80. The number of anilines is 1. The van der Waals surface area contributed by atoms with Gasteiger partial charge >= 0.3 is 0 Å². The van der Waals surface area contributed by atoms with Crippen molar-refractivity contribution in [3.05, 3.63) is 53.7 Å². The fraction of sp³-hybridized carbons (Fsp3) is 0.312. The lowest BCUT2D eigenvalue weighted by Crippen LogP contribution is -2.26. The molecule has 104 valence electrons. The Hall–Kier alpha value is -2.07. The molecule has 0 unspecified atom stereocenters. The first-order valence-corrected chi connectivity index (χ1v) is 6.92. The Kier molecular flexibility index (Phi) is 3.83. The number of ether oxygens (including phenoxy) is 1. The SMILES string of the molecule is CNCc1ccc(N2CCOc3ccccc3C2)nc1. The molecule has 0 radical (unpaired) electrons. The Morgan fingerprint density at radius 3 is 2.95 bits per heavy atom. The van der Waals surface area contributed by atoms with Crippen LogP contribution in [0.15, 0.2) is 42.6 Å². The van der Waals surface area contributed by atoms with Gasteiger partial charge in [-0.05, 0) is 24.7 Å². The maximum absolute atomic E-state index is 5.78. The van der Waals surface area contributed by atoms with Crippen molar-refractivity contribution in [1.82, 2.24) is 10.3 Å². The third-order valence-corrected chi connectivity index (χ3v) is 3.47. The van der Waals surface area contributed by atoms with E-state index in [1.54, 1.807) is 0 Å². The van der Waals surface area contributed by atoms with E-state index in [0.717, 1.165) is 31.2 Å².